The predicted molar refractivity (Wildman–Crippen MR) is 114 cm³/mol. The van der Waals surface area contributed by atoms with Gasteiger partial charge in [0.2, 0.25) is 11.7 Å². The number of nitrogens with zero attached hydrogens (tertiary/aromatic N) is 4. The molecule has 0 unspecified atom stereocenters. The molecular formula is C21H26F4N6O2. The number of primary amides is 1. The number of hydrogen-bond donors (Lipinski definition) is 3. The van der Waals surface area contributed by atoms with Crippen molar-refractivity contribution in [3.8, 4) is 0 Å². The van der Waals surface area contributed by atoms with Gasteiger partial charge in [-0.05, 0) is 30.7 Å². The van der Waals surface area contributed by atoms with E-state index < -0.39 is 29.6 Å². The Hall–Kier alpha value is -2.99. The molecule has 4 N–H and O–H groups in total. The topological polar surface area (TPSA) is 108 Å². The molecule has 1 aromatic heterocycles. The van der Waals surface area contributed by atoms with E-state index in [1.165, 1.54) is 23.4 Å². The molecule has 2 heterocycles. The van der Waals surface area contributed by atoms with Gasteiger partial charge in [-0.15, -0.1) is 0 Å². The molecule has 0 bridgehead atoms. The molecule has 1 aliphatic heterocycles. The Bertz CT molecular complexity index is 957. The van der Waals surface area contributed by atoms with Gasteiger partial charge in [-0.3, -0.25) is 9.69 Å². The molecular weight excluding hydrogens is 444 g/mol. The number of hydrogen-bond acceptors (Lipinski definition) is 7. The maximum atomic E-state index is 15.0. The Morgan fingerprint density at radius 1 is 1.30 bits per heavy atom. The number of amides is 1. The van der Waals surface area contributed by atoms with Gasteiger partial charge >= 0.3 is 6.18 Å². The van der Waals surface area contributed by atoms with Crippen molar-refractivity contribution in [1.29, 1.82) is 0 Å². The number of carbonyl (C=O) groups excluding carboxylic acids is 1. The van der Waals surface area contributed by atoms with Crippen LogP contribution in [0.5, 0.6) is 0 Å². The van der Waals surface area contributed by atoms with Crippen LogP contribution in [0.2, 0.25) is 0 Å². The highest BCUT2D eigenvalue weighted by molar-refractivity contribution is 5.75. The Morgan fingerprint density at radius 3 is 2.61 bits per heavy atom. The summed E-state index contributed by atoms with van der Waals surface area (Å²) in [5.41, 5.74) is 4.99. The number of alkyl halides is 3. The number of carbonyl (C=O) groups is 1. The van der Waals surface area contributed by atoms with Gasteiger partial charge in [0.15, 0.2) is 11.6 Å². The van der Waals surface area contributed by atoms with E-state index in [1.54, 1.807) is 11.9 Å². The monoisotopic (exact) mass is 470 g/mol. The van der Waals surface area contributed by atoms with Gasteiger partial charge in [0, 0.05) is 32.6 Å². The van der Waals surface area contributed by atoms with E-state index in [2.05, 4.69) is 15.3 Å². The minimum Gasteiger partial charge on any atom is -0.391 e. The van der Waals surface area contributed by atoms with Crippen molar-refractivity contribution in [2.24, 2.45) is 11.7 Å². The SMILES string of the molecule is CN(Cc1ccc(C(F)(F)F)cc1)c1ncnc(NC[C@H]2CCN(CC(N)=O)C[C@@H]2O)c1F. The molecule has 3 rings (SSSR count). The van der Waals surface area contributed by atoms with E-state index in [4.69, 9.17) is 5.73 Å². The number of benzene rings is 1. The molecule has 0 saturated carbocycles. The number of rotatable bonds is 8. The first-order valence-corrected chi connectivity index (χ1v) is 10.3. The second-order valence-electron chi connectivity index (χ2n) is 8.11. The minimum absolute atomic E-state index is 0.00998. The highest BCUT2D eigenvalue weighted by Crippen LogP contribution is 2.29. The average molecular weight is 470 g/mol. The van der Waals surface area contributed by atoms with Crippen LogP contribution in [0.15, 0.2) is 30.6 Å². The minimum atomic E-state index is -4.42. The lowest BCUT2D eigenvalue weighted by molar-refractivity contribution is -0.137. The number of β-amino-alcohol motifs (C(OH)–C–C–N with tert-alkyl or cyclic N) is 1. The lowest BCUT2D eigenvalue weighted by Crippen LogP contribution is -2.48. The zero-order valence-electron chi connectivity index (χ0n) is 18.0. The molecule has 12 heteroatoms. The number of aliphatic hydroxyl groups is 1. The van der Waals surface area contributed by atoms with E-state index in [0.29, 0.717) is 25.1 Å². The van der Waals surface area contributed by atoms with Gasteiger partial charge in [-0.25, -0.2) is 9.97 Å². The van der Waals surface area contributed by atoms with Crippen molar-refractivity contribution in [3.63, 3.8) is 0 Å². The van der Waals surface area contributed by atoms with Crippen LogP contribution in [0.4, 0.5) is 29.2 Å². The van der Waals surface area contributed by atoms with Crippen LogP contribution >= 0.6 is 0 Å². The molecule has 1 aromatic carbocycles. The number of aliphatic hydroxyl groups excluding tert-OH is 1. The summed E-state index contributed by atoms with van der Waals surface area (Å²) in [5, 5.41) is 13.2. The Kier molecular flexibility index (Phi) is 7.69. The van der Waals surface area contributed by atoms with Gasteiger partial charge in [0.1, 0.15) is 6.33 Å². The molecule has 0 aliphatic carbocycles. The highest BCUT2D eigenvalue weighted by Gasteiger charge is 2.30. The first kappa shape index (κ1) is 24.6. The summed E-state index contributed by atoms with van der Waals surface area (Å²) in [4.78, 5) is 22.2. The summed E-state index contributed by atoms with van der Waals surface area (Å²) < 4.78 is 53.2. The van der Waals surface area contributed by atoms with Crippen molar-refractivity contribution in [1.82, 2.24) is 14.9 Å². The summed E-state index contributed by atoms with van der Waals surface area (Å²) in [6, 6.07) is 4.63. The second-order valence-corrected chi connectivity index (χ2v) is 8.11. The van der Waals surface area contributed by atoms with Crippen molar-refractivity contribution >= 4 is 17.5 Å². The summed E-state index contributed by atoms with van der Waals surface area (Å²) in [6.07, 6.45) is -3.35. The van der Waals surface area contributed by atoms with Gasteiger partial charge < -0.3 is 21.1 Å². The fourth-order valence-electron chi connectivity index (χ4n) is 3.77. The fourth-order valence-corrected chi connectivity index (χ4v) is 3.77. The molecule has 0 spiro atoms. The van der Waals surface area contributed by atoms with E-state index in [9.17, 15) is 23.1 Å². The molecule has 2 atom stereocenters. The number of aromatic nitrogens is 2. The summed E-state index contributed by atoms with van der Waals surface area (Å²) in [5.74, 6) is -1.38. The second kappa shape index (κ2) is 10.3. The van der Waals surface area contributed by atoms with Crippen molar-refractivity contribution < 1.29 is 27.5 Å². The summed E-state index contributed by atoms with van der Waals surface area (Å²) >= 11 is 0. The van der Waals surface area contributed by atoms with Crippen LogP contribution in [0.1, 0.15) is 17.5 Å². The van der Waals surface area contributed by atoms with Crippen LogP contribution in [0.3, 0.4) is 0 Å². The molecule has 8 nitrogen and oxygen atoms in total. The van der Waals surface area contributed by atoms with E-state index in [-0.39, 0.29) is 37.2 Å². The fraction of sp³-hybridized carbons (Fsp3) is 0.476. The molecule has 180 valence electrons. The standard InChI is InChI=1S/C21H26F4N6O2/c1-30(9-13-2-4-15(5-3-13)21(23,24)25)20-18(22)19(28-12-29-20)27-8-14-6-7-31(10-16(14)32)11-17(26)33/h2-5,12,14,16,32H,6-11H2,1H3,(H2,26,33)(H,27,28,29)/t14-,16+/m1/s1. The molecule has 1 aliphatic rings. The maximum Gasteiger partial charge on any atom is 0.416 e. The molecule has 2 aromatic rings. The number of likely N-dealkylation sites (tertiary alicyclic amines) is 1. The van der Waals surface area contributed by atoms with E-state index in [0.717, 1.165) is 12.1 Å². The van der Waals surface area contributed by atoms with E-state index >= 15 is 4.39 Å². The lowest BCUT2D eigenvalue weighted by atomic mass is 9.94. The molecule has 1 fully saturated rings. The zero-order valence-corrected chi connectivity index (χ0v) is 18.0. The van der Waals surface area contributed by atoms with Crippen LogP contribution in [-0.2, 0) is 17.5 Å². The van der Waals surface area contributed by atoms with Gasteiger partial charge in [-0.2, -0.15) is 17.6 Å². The van der Waals surface area contributed by atoms with Gasteiger partial charge in [0.05, 0.1) is 18.2 Å². The number of nitrogens with one attached hydrogen (secondary N) is 1. The maximum absolute atomic E-state index is 15.0. The molecule has 0 radical (unpaired) electrons. The highest BCUT2D eigenvalue weighted by atomic mass is 19.4. The molecule has 1 amide bonds. The lowest BCUT2D eigenvalue weighted by Gasteiger charge is -2.35. The average Bonchev–Trinajstić information content (AvgIpc) is 2.73. The van der Waals surface area contributed by atoms with Crippen molar-refractivity contribution in [2.75, 3.05) is 43.4 Å². The third kappa shape index (κ3) is 6.51. The smallest absolute Gasteiger partial charge is 0.391 e. The quantitative estimate of drug-likeness (QED) is 0.506. The van der Waals surface area contributed by atoms with Crippen molar-refractivity contribution in [2.45, 2.75) is 25.2 Å². The Labute approximate surface area is 188 Å². The van der Waals surface area contributed by atoms with Gasteiger partial charge in [0.25, 0.3) is 0 Å². The first-order valence-electron chi connectivity index (χ1n) is 10.3. The van der Waals surface area contributed by atoms with Crippen LogP contribution in [0, 0.1) is 11.7 Å². The first-order chi connectivity index (χ1) is 15.5. The zero-order chi connectivity index (χ0) is 24.2. The summed E-state index contributed by atoms with van der Waals surface area (Å²) in [7, 11) is 1.57. The van der Waals surface area contributed by atoms with Crippen molar-refractivity contribution in [3.05, 3.63) is 47.5 Å². The third-order valence-corrected chi connectivity index (χ3v) is 5.55. The largest absolute Gasteiger partial charge is 0.416 e. The number of piperidine rings is 1. The predicted octanol–water partition coefficient (Wildman–Crippen LogP) is 1.85. The number of halogens is 4. The number of nitrogens with two attached hydrogens (primary N) is 1. The Morgan fingerprint density at radius 2 is 2.00 bits per heavy atom. The normalized spacial score (nSPS) is 19.3. The van der Waals surface area contributed by atoms with Crippen LogP contribution in [-0.4, -0.2) is 65.2 Å². The van der Waals surface area contributed by atoms with Crippen LogP contribution < -0.4 is 16.0 Å². The molecule has 33 heavy (non-hydrogen) atoms. The summed E-state index contributed by atoms with van der Waals surface area (Å²) in [6.45, 7) is 1.36. The van der Waals surface area contributed by atoms with Crippen LogP contribution in [0.25, 0.3) is 0 Å². The third-order valence-electron chi connectivity index (χ3n) is 5.55. The van der Waals surface area contributed by atoms with Gasteiger partial charge in [-0.1, -0.05) is 12.1 Å². The number of anilines is 2. The van der Waals surface area contributed by atoms with E-state index in [1.807, 2.05) is 0 Å². The molecule has 1 saturated heterocycles. The Balaban J connectivity index is 1.60.